The Morgan fingerprint density at radius 1 is 1.40 bits per heavy atom. The lowest BCUT2D eigenvalue weighted by molar-refractivity contribution is 0.101. The zero-order chi connectivity index (χ0) is 11.6. The summed E-state index contributed by atoms with van der Waals surface area (Å²) < 4.78 is 24.9. The maximum Gasteiger partial charge on any atom is 0.244 e. The topological polar surface area (TPSA) is 83.5 Å². The van der Waals surface area contributed by atoms with Crippen molar-refractivity contribution in [1.29, 1.82) is 0 Å². The average Bonchev–Trinajstić information content (AvgIpc) is 2.17. The summed E-state index contributed by atoms with van der Waals surface area (Å²) >= 11 is 0. The van der Waals surface area contributed by atoms with Crippen molar-refractivity contribution in [3.63, 3.8) is 0 Å². The summed E-state index contributed by atoms with van der Waals surface area (Å²) in [5.41, 5.74) is 0.238. The Labute approximate surface area is 87.8 Å². The van der Waals surface area contributed by atoms with Gasteiger partial charge < -0.3 is 5.11 Å². The molecule has 0 saturated heterocycles. The van der Waals surface area contributed by atoms with E-state index in [0.29, 0.717) is 0 Å². The van der Waals surface area contributed by atoms with E-state index in [1.807, 2.05) is 0 Å². The SMILES string of the molecule is CNS(=O)(=O)c1cc(C(C)=O)ccc1O. The number of phenols is 1. The van der Waals surface area contributed by atoms with Crippen LogP contribution in [0.5, 0.6) is 5.75 Å². The van der Waals surface area contributed by atoms with E-state index in [4.69, 9.17) is 0 Å². The van der Waals surface area contributed by atoms with Gasteiger partial charge in [0.05, 0.1) is 0 Å². The van der Waals surface area contributed by atoms with Crippen LogP contribution in [0.25, 0.3) is 0 Å². The first-order valence-electron chi connectivity index (χ1n) is 4.16. The van der Waals surface area contributed by atoms with Crippen molar-refractivity contribution in [3.05, 3.63) is 23.8 Å². The quantitative estimate of drug-likeness (QED) is 0.739. The molecule has 0 aromatic heterocycles. The highest BCUT2D eigenvalue weighted by Gasteiger charge is 2.17. The lowest BCUT2D eigenvalue weighted by Gasteiger charge is -2.06. The van der Waals surface area contributed by atoms with E-state index < -0.39 is 10.0 Å². The van der Waals surface area contributed by atoms with Crippen LogP contribution in [0, 0.1) is 0 Å². The zero-order valence-electron chi connectivity index (χ0n) is 8.31. The first kappa shape index (κ1) is 11.7. The molecule has 0 radical (unpaired) electrons. The predicted octanol–water partition coefficient (Wildman–Crippen LogP) is 0.503. The lowest BCUT2D eigenvalue weighted by Crippen LogP contribution is -2.19. The fourth-order valence-corrected chi connectivity index (χ4v) is 1.90. The number of sulfonamides is 1. The molecule has 0 heterocycles. The predicted molar refractivity (Wildman–Crippen MR) is 54.4 cm³/mol. The largest absolute Gasteiger partial charge is 0.507 e. The minimum absolute atomic E-state index is 0.238. The third kappa shape index (κ3) is 2.34. The fraction of sp³-hybridized carbons (Fsp3) is 0.222. The van der Waals surface area contributed by atoms with Crippen LogP contribution in [-0.4, -0.2) is 26.4 Å². The molecule has 82 valence electrons. The summed E-state index contributed by atoms with van der Waals surface area (Å²) in [5.74, 6) is -0.642. The van der Waals surface area contributed by atoms with Gasteiger partial charge in [-0.25, -0.2) is 13.1 Å². The van der Waals surface area contributed by atoms with Gasteiger partial charge in [-0.3, -0.25) is 4.79 Å². The number of Topliss-reactive ketones (excluding diaryl/α,β-unsaturated/α-hetero) is 1. The normalized spacial score (nSPS) is 11.3. The number of aromatic hydroxyl groups is 1. The first-order chi connectivity index (χ1) is 6.88. The summed E-state index contributed by atoms with van der Waals surface area (Å²) in [6.45, 7) is 1.32. The number of benzene rings is 1. The van der Waals surface area contributed by atoms with E-state index in [9.17, 15) is 18.3 Å². The van der Waals surface area contributed by atoms with Crippen molar-refractivity contribution >= 4 is 15.8 Å². The second-order valence-electron chi connectivity index (χ2n) is 2.95. The van der Waals surface area contributed by atoms with Gasteiger partial charge in [0.2, 0.25) is 10.0 Å². The molecule has 5 nitrogen and oxygen atoms in total. The van der Waals surface area contributed by atoms with Crippen LogP contribution in [-0.2, 0) is 10.0 Å². The molecular weight excluding hydrogens is 218 g/mol. The number of rotatable bonds is 3. The number of carbonyl (C=O) groups excluding carboxylic acids is 1. The van der Waals surface area contributed by atoms with E-state index in [1.54, 1.807) is 0 Å². The molecule has 0 unspecified atom stereocenters. The molecule has 0 amide bonds. The maximum atomic E-state index is 11.4. The molecule has 0 aliphatic rings. The molecule has 1 aromatic rings. The maximum absolute atomic E-state index is 11.4. The Bertz CT molecular complexity index is 493. The number of hydrogen-bond donors (Lipinski definition) is 2. The second-order valence-corrected chi connectivity index (χ2v) is 4.80. The molecule has 1 rings (SSSR count). The third-order valence-corrected chi connectivity index (χ3v) is 3.37. The van der Waals surface area contributed by atoms with Gasteiger partial charge in [0.1, 0.15) is 10.6 Å². The van der Waals surface area contributed by atoms with Crippen LogP contribution in [0.2, 0.25) is 0 Å². The molecule has 1 aromatic carbocycles. The summed E-state index contributed by atoms with van der Waals surface area (Å²) in [5, 5.41) is 9.35. The van der Waals surface area contributed by atoms with Crippen molar-refractivity contribution < 1.29 is 18.3 Å². The monoisotopic (exact) mass is 229 g/mol. The van der Waals surface area contributed by atoms with Crippen LogP contribution < -0.4 is 4.72 Å². The average molecular weight is 229 g/mol. The summed E-state index contributed by atoms with van der Waals surface area (Å²) in [7, 11) is -2.51. The van der Waals surface area contributed by atoms with E-state index >= 15 is 0 Å². The van der Waals surface area contributed by atoms with Crippen LogP contribution >= 0.6 is 0 Å². The Kier molecular flexibility index (Phi) is 3.11. The van der Waals surface area contributed by atoms with Crippen LogP contribution in [0.4, 0.5) is 0 Å². The van der Waals surface area contributed by atoms with Crippen molar-refractivity contribution in [2.75, 3.05) is 7.05 Å². The molecule has 15 heavy (non-hydrogen) atoms. The Morgan fingerprint density at radius 2 is 2.00 bits per heavy atom. The number of ketones is 1. The Hall–Kier alpha value is -1.40. The van der Waals surface area contributed by atoms with E-state index in [0.717, 1.165) is 6.07 Å². The van der Waals surface area contributed by atoms with Gasteiger partial charge in [0.25, 0.3) is 0 Å². The summed E-state index contributed by atoms with van der Waals surface area (Å²) in [4.78, 5) is 10.7. The number of phenolic OH excluding ortho intramolecular Hbond substituents is 1. The lowest BCUT2D eigenvalue weighted by atomic mass is 10.1. The van der Waals surface area contributed by atoms with Crippen molar-refractivity contribution in [3.8, 4) is 5.75 Å². The molecule has 0 aliphatic carbocycles. The highest BCUT2D eigenvalue weighted by molar-refractivity contribution is 7.89. The zero-order valence-corrected chi connectivity index (χ0v) is 9.13. The highest BCUT2D eigenvalue weighted by atomic mass is 32.2. The second kappa shape index (κ2) is 4.00. The molecule has 0 saturated carbocycles. The van der Waals surface area contributed by atoms with E-state index in [2.05, 4.69) is 4.72 Å². The third-order valence-electron chi connectivity index (χ3n) is 1.92. The van der Waals surface area contributed by atoms with Gasteiger partial charge in [-0.1, -0.05) is 0 Å². The molecule has 0 bridgehead atoms. The summed E-state index contributed by atoms with van der Waals surface area (Å²) in [6, 6.07) is 3.69. The highest BCUT2D eigenvalue weighted by Crippen LogP contribution is 2.23. The minimum Gasteiger partial charge on any atom is -0.507 e. The van der Waals surface area contributed by atoms with Gasteiger partial charge >= 0.3 is 0 Å². The Morgan fingerprint density at radius 3 is 2.47 bits per heavy atom. The molecule has 0 fully saturated rings. The van der Waals surface area contributed by atoms with Crippen molar-refractivity contribution in [2.24, 2.45) is 0 Å². The number of nitrogens with one attached hydrogen (secondary N) is 1. The molecule has 0 aliphatic heterocycles. The molecule has 6 heteroatoms. The van der Waals surface area contributed by atoms with Crippen LogP contribution in [0.3, 0.4) is 0 Å². The molecule has 0 spiro atoms. The smallest absolute Gasteiger partial charge is 0.244 e. The molecular formula is C9H11NO4S. The van der Waals surface area contributed by atoms with Crippen LogP contribution in [0.15, 0.2) is 23.1 Å². The number of carbonyl (C=O) groups is 1. The molecule has 0 atom stereocenters. The van der Waals surface area contributed by atoms with Gasteiger partial charge in [-0.15, -0.1) is 0 Å². The van der Waals surface area contributed by atoms with E-state index in [1.165, 1.54) is 26.1 Å². The minimum atomic E-state index is -3.74. The van der Waals surface area contributed by atoms with Crippen molar-refractivity contribution in [1.82, 2.24) is 4.72 Å². The van der Waals surface area contributed by atoms with E-state index in [-0.39, 0.29) is 22.0 Å². The molecule has 2 N–H and O–H groups in total. The van der Waals surface area contributed by atoms with Gasteiger partial charge in [-0.05, 0) is 32.2 Å². The fourth-order valence-electron chi connectivity index (χ4n) is 1.06. The Balaban J connectivity index is 3.42. The van der Waals surface area contributed by atoms with Crippen molar-refractivity contribution in [2.45, 2.75) is 11.8 Å². The van der Waals surface area contributed by atoms with Crippen LogP contribution in [0.1, 0.15) is 17.3 Å². The first-order valence-corrected chi connectivity index (χ1v) is 5.64. The van der Waals surface area contributed by atoms with Gasteiger partial charge in [0.15, 0.2) is 5.78 Å². The van der Waals surface area contributed by atoms with Gasteiger partial charge in [-0.2, -0.15) is 0 Å². The summed E-state index contributed by atoms with van der Waals surface area (Å²) in [6.07, 6.45) is 0. The number of hydrogen-bond acceptors (Lipinski definition) is 4. The van der Waals surface area contributed by atoms with Gasteiger partial charge in [0, 0.05) is 5.56 Å². The standard InChI is InChI=1S/C9H11NO4S/c1-6(11)7-3-4-8(12)9(5-7)15(13,14)10-2/h3-5,10,12H,1-2H3.